The molecule has 0 fully saturated rings. The Labute approximate surface area is 145 Å². The van der Waals surface area contributed by atoms with E-state index >= 15 is 0 Å². The Morgan fingerprint density at radius 1 is 1.21 bits per heavy atom. The Morgan fingerprint density at radius 2 is 1.92 bits per heavy atom. The summed E-state index contributed by atoms with van der Waals surface area (Å²) in [6.45, 7) is 0.00167. The third-order valence-corrected chi connectivity index (χ3v) is 3.77. The number of halogens is 4. The minimum atomic E-state index is -4.61. The van der Waals surface area contributed by atoms with Gasteiger partial charge in [-0.15, -0.1) is 0 Å². The van der Waals surface area contributed by atoms with Crippen molar-refractivity contribution >= 4 is 45.7 Å². The van der Waals surface area contributed by atoms with Crippen molar-refractivity contribution in [2.45, 2.75) is 12.7 Å². The Hall–Kier alpha value is -2.21. The van der Waals surface area contributed by atoms with Crippen LogP contribution in [0.4, 0.5) is 18.9 Å². The zero-order chi connectivity index (χ0) is 17.3. The third-order valence-electron chi connectivity index (χ3n) is 3.39. The molecule has 2 aromatic carbocycles. The van der Waals surface area contributed by atoms with Crippen LogP contribution >= 0.6 is 23.8 Å². The normalized spacial score (nSPS) is 11.5. The van der Waals surface area contributed by atoms with Crippen LogP contribution in [0.25, 0.3) is 11.0 Å². The number of hydrogen-bond acceptors (Lipinski definition) is 3. The molecule has 1 aromatic heterocycles. The molecule has 0 spiro atoms. The predicted octanol–water partition coefficient (Wildman–Crippen LogP) is 5.49. The van der Waals surface area contributed by atoms with Crippen LogP contribution in [-0.2, 0) is 12.7 Å². The van der Waals surface area contributed by atoms with Crippen molar-refractivity contribution in [2.24, 2.45) is 4.99 Å². The minimum Gasteiger partial charge on any atom is -0.315 e. The number of aromatic nitrogens is 2. The van der Waals surface area contributed by atoms with Crippen molar-refractivity contribution < 1.29 is 13.2 Å². The Kier molecular flexibility index (Phi) is 4.41. The summed E-state index contributed by atoms with van der Waals surface area (Å²) in [5, 5.41) is 2.28. The van der Waals surface area contributed by atoms with E-state index in [2.05, 4.69) is 27.4 Å². The number of imidazole rings is 1. The summed E-state index contributed by atoms with van der Waals surface area (Å²) in [6, 6.07) is 11.6. The monoisotopic (exact) mass is 367 g/mol. The van der Waals surface area contributed by atoms with Crippen LogP contribution in [0, 0.1) is 0 Å². The van der Waals surface area contributed by atoms with E-state index in [9.17, 15) is 13.2 Å². The molecule has 0 radical (unpaired) electrons. The number of isothiocyanates is 1. The second-order valence-electron chi connectivity index (χ2n) is 5.00. The molecule has 0 N–H and O–H groups in total. The lowest BCUT2D eigenvalue weighted by atomic mass is 10.2. The maximum absolute atomic E-state index is 13.4. The van der Waals surface area contributed by atoms with Crippen LogP contribution < -0.4 is 0 Å². The van der Waals surface area contributed by atoms with Gasteiger partial charge < -0.3 is 4.57 Å². The summed E-state index contributed by atoms with van der Waals surface area (Å²) >= 11 is 10.7. The third kappa shape index (κ3) is 3.19. The fraction of sp³-hybridized carbons (Fsp3) is 0.125. The average Bonchev–Trinajstić information content (AvgIpc) is 2.88. The number of thiocarbonyl (C=S) groups is 1. The highest BCUT2D eigenvalue weighted by molar-refractivity contribution is 7.78. The van der Waals surface area contributed by atoms with Gasteiger partial charge in [0.1, 0.15) is 0 Å². The van der Waals surface area contributed by atoms with Gasteiger partial charge in [0.15, 0.2) is 0 Å². The number of hydrogen-bond donors (Lipinski definition) is 0. The Morgan fingerprint density at radius 3 is 2.54 bits per heavy atom. The Balaban J connectivity index is 2.26. The molecule has 3 nitrogen and oxygen atoms in total. The maximum Gasteiger partial charge on any atom is 0.449 e. The van der Waals surface area contributed by atoms with E-state index in [1.807, 2.05) is 0 Å². The number of aliphatic imine (C=N–C) groups is 1. The molecule has 1 heterocycles. The van der Waals surface area contributed by atoms with Gasteiger partial charge in [-0.05, 0) is 29.9 Å². The second kappa shape index (κ2) is 6.36. The quantitative estimate of drug-likeness (QED) is 0.452. The van der Waals surface area contributed by atoms with Crippen molar-refractivity contribution in [3.63, 3.8) is 0 Å². The first-order valence-corrected chi connectivity index (χ1v) is 7.57. The lowest BCUT2D eigenvalue weighted by molar-refractivity contribution is -0.146. The smallest absolute Gasteiger partial charge is 0.315 e. The molecule has 3 rings (SSSR count). The van der Waals surface area contributed by atoms with Crippen molar-refractivity contribution in [2.75, 3.05) is 0 Å². The molecule has 0 aliphatic heterocycles. The zero-order valence-corrected chi connectivity index (χ0v) is 13.6. The molecule has 0 atom stereocenters. The molecule has 0 aliphatic carbocycles. The van der Waals surface area contributed by atoms with E-state index in [-0.39, 0.29) is 22.6 Å². The molecule has 0 amide bonds. The Bertz CT molecular complexity index is 945. The molecular weight excluding hydrogens is 359 g/mol. The van der Waals surface area contributed by atoms with E-state index < -0.39 is 12.0 Å². The molecule has 0 unspecified atom stereocenters. The van der Waals surface area contributed by atoms with Gasteiger partial charge in [-0.1, -0.05) is 41.9 Å². The SMILES string of the molecule is FC(F)(F)c1nc2cc(N=C=S)cc(Cl)c2n1Cc1ccccc1. The largest absolute Gasteiger partial charge is 0.449 e. The first-order chi connectivity index (χ1) is 11.4. The predicted molar refractivity (Wildman–Crippen MR) is 90.0 cm³/mol. The number of fused-ring (bicyclic) bond motifs is 1. The van der Waals surface area contributed by atoms with Gasteiger partial charge >= 0.3 is 6.18 Å². The van der Waals surface area contributed by atoms with Crippen LogP contribution in [0.5, 0.6) is 0 Å². The van der Waals surface area contributed by atoms with Crippen LogP contribution in [0.3, 0.4) is 0 Å². The van der Waals surface area contributed by atoms with Gasteiger partial charge in [0.05, 0.1) is 26.9 Å². The summed E-state index contributed by atoms with van der Waals surface area (Å²) in [5.41, 5.74) is 1.32. The summed E-state index contributed by atoms with van der Waals surface area (Å²) in [4.78, 5) is 7.47. The molecular formula is C16H9ClF3N3S. The van der Waals surface area contributed by atoms with E-state index in [1.165, 1.54) is 12.1 Å². The van der Waals surface area contributed by atoms with E-state index in [0.29, 0.717) is 11.3 Å². The first kappa shape index (κ1) is 16.6. The lowest BCUT2D eigenvalue weighted by Gasteiger charge is -2.12. The van der Waals surface area contributed by atoms with Gasteiger partial charge in [-0.3, -0.25) is 0 Å². The second-order valence-corrected chi connectivity index (χ2v) is 5.59. The van der Waals surface area contributed by atoms with Crippen LogP contribution in [0.1, 0.15) is 11.4 Å². The van der Waals surface area contributed by atoms with E-state index in [0.717, 1.165) is 4.57 Å². The van der Waals surface area contributed by atoms with E-state index in [4.69, 9.17) is 11.6 Å². The maximum atomic E-state index is 13.4. The summed E-state index contributed by atoms with van der Waals surface area (Å²) in [7, 11) is 0. The number of alkyl halides is 3. The molecule has 0 saturated heterocycles. The lowest BCUT2D eigenvalue weighted by Crippen LogP contribution is -2.15. The number of nitrogens with zero attached hydrogens (tertiary/aromatic N) is 3. The molecule has 0 bridgehead atoms. The van der Waals surface area contributed by atoms with Crippen LogP contribution in [0.15, 0.2) is 47.5 Å². The van der Waals surface area contributed by atoms with Crippen LogP contribution in [0.2, 0.25) is 5.02 Å². The molecule has 0 saturated carbocycles. The summed E-state index contributed by atoms with van der Waals surface area (Å²) in [6.07, 6.45) is -4.61. The van der Waals surface area contributed by atoms with E-state index in [1.54, 1.807) is 30.3 Å². The highest BCUT2D eigenvalue weighted by atomic mass is 35.5. The highest BCUT2D eigenvalue weighted by Gasteiger charge is 2.38. The van der Waals surface area contributed by atoms with Gasteiger partial charge in [0.25, 0.3) is 0 Å². The molecule has 24 heavy (non-hydrogen) atoms. The van der Waals surface area contributed by atoms with Gasteiger partial charge in [-0.25, -0.2) is 4.98 Å². The minimum absolute atomic E-state index is 0.00167. The molecule has 0 aliphatic rings. The van der Waals surface area contributed by atoms with Crippen molar-refractivity contribution in [1.29, 1.82) is 0 Å². The number of benzene rings is 2. The topological polar surface area (TPSA) is 30.2 Å². The fourth-order valence-electron chi connectivity index (χ4n) is 2.46. The van der Waals surface area contributed by atoms with Gasteiger partial charge in [-0.2, -0.15) is 18.2 Å². The summed E-state index contributed by atoms with van der Waals surface area (Å²) < 4.78 is 41.2. The average molecular weight is 368 g/mol. The standard InChI is InChI=1S/C16H9ClF3N3S/c17-12-6-11(21-9-24)7-13-14(12)23(15(22-13)16(18,19)20)8-10-4-2-1-3-5-10/h1-7H,8H2. The first-order valence-electron chi connectivity index (χ1n) is 6.79. The van der Waals surface area contributed by atoms with Crippen LogP contribution in [-0.4, -0.2) is 14.7 Å². The van der Waals surface area contributed by atoms with Crippen molar-refractivity contribution in [3.8, 4) is 0 Å². The van der Waals surface area contributed by atoms with Gasteiger partial charge in [0.2, 0.25) is 5.82 Å². The van der Waals surface area contributed by atoms with Crippen molar-refractivity contribution in [1.82, 2.24) is 9.55 Å². The van der Waals surface area contributed by atoms with Crippen molar-refractivity contribution in [3.05, 3.63) is 58.9 Å². The summed E-state index contributed by atoms with van der Waals surface area (Å²) in [5.74, 6) is -1.01. The molecule has 122 valence electrons. The fourth-order valence-corrected chi connectivity index (χ4v) is 2.87. The molecule has 8 heteroatoms. The highest BCUT2D eigenvalue weighted by Crippen LogP contribution is 2.36. The molecule has 3 aromatic rings. The number of rotatable bonds is 3. The van der Waals surface area contributed by atoms with Gasteiger partial charge in [0, 0.05) is 6.54 Å². The zero-order valence-electron chi connectivity index (χ0n) is 12.0.